The van der Waals surface area contributed by atoms with Gasteiger partial charge in [0.15, 0.2) is 0 Å². The first-order valence-electron chi connectivity index (χ1n) is 6.21. The molecule has 1 atom stereocenters. The van der Waals surface area contributed by atoms with Crippen molar-refractivity contribution in [1.29, 1.82) is 0 Å². The molecule has 19 heavy (non-hydrogen) atoms. The average molecular weight is 264 g/mol. The fourth-order valence-corrected chi connectivity index (χ4v) is 1.77. The van der Waals surface area contributed by atoms with Crippen molar-refractivity contribution in [3.63, 3.8) is 0 Å². The summed E-state index contributed by atoms with van der Waals surface area (Å²) in [5, 5.41) is 11.3. The van der Waals surface area contributed by atoms with Gasteiger partial charge in [0.2, 0.25) is 5.91 Å². The highest BCUT2D eigenvalue weighted by Crippen LogP contribution is 2.10. The Labute approximate surface area is 112 Å². The molecular formula is C14H20N2O3. The van der Waals surface area contributed by atoms with Crippen LogP contribution in [-0.2, 0) is 16.0 Å². The number of nitrogens with two attached hydrogens (primary N) is 1. The minimum Gasteiger partial charge on any atom is -0.480 e. The van der Waals surface area contributed by atoms with Gasteiger partial charge in [0.05, 0.1) is 6.42 Å². The van der Waals surface area contributed by atoms with Crippen molar-refractivity contribution in [2.45, 2.75) is 32.7 Å². The molecule has 104 valence electrons. The molecule has 1 rings (SSSR count). The quantitative estimate of drug-likeness (QED) is 0.707. The molecule has 1 unspecified atom stereocenters. The number of aryl methyl sites for hydroxylation is 2. The van der Waals surface area contributed by atoms with E-state index in [0.29, 0.717) is 6.54 Å². The number of carboxylic acid groups (broad SMARTS) is 1. The van der Waals surface area contributed by atoms with Crippen LogP contribution < -0.4 is 11.1 Å². The second kappa shape index (κ2) is 6.89. The van der Waals surface area contributed by atoms with Crippen LogP contribution in [0.1, 0.15) is 23.1 Å². The monoisotopic (exact) mass is 264 g/mol. The maximum Gasteiger partial charge on any atom is 0.321 e. The van der Waals surface area contributed by atoms with Crippen LogP contribution in [0.4, 0.5) is 0 Å². The fourth-order valence-electron chi connectivity index (χ4n) is 1.77. The Hall–Kier alpha value is -1.88. The molecule has 0 radical (unpaired) electrons. The molecule has 0 aliphatic carbocycles. The lowest BCUT2D eigenvalue weighted by atomic mass is 10.0. The van der Waals surface area contributed by atoms with E-state index < -0.39 is 12.0 Å². The average Bonchev–Trinajstić information content (AvgIpc) is 2.33. The van der Waals surface area contributed by atoms with Crippen molar-refractivity contribution in [3.8, 4) is 0 Å². The molecule has 1 aromatic rings. The van der Waals surface area contributed by atoms with Crippen LogP contribution in [0.3, 0.4) is 0 Å². The first-order chi connectivity index (χ1) is 8.90. The van der Waals surface area contributed by atoms with Gasteiger partial charge in [0.1, 0.15) is 6.04 Å². The minimum atomic E-state index is -1.16. The highest BCUT2D eigenvalue weighted by Gasteiger charge is 2.15. The first kappa shape index (κ1) is 15.2. The van der Waals surface area contributed by atoms with Crippen LogP contribution in [0.2, 0.25) is 0 Å². The molecular weight excluding hydrogens is 244 g/mol. The second-order valence-electron chi connectivity index (χ2n) is 4.68. The number of carboxylic acids is 1. The van der Waals surface area contributed by atoms with Gasteiger partial charge in [0.25, 0.3) is 0 Å². The highest BCUT2D eigenvalue weighted by atomic mass is 16.4. The highest BCUT2D eigenvalue weighted by molar-refractivity contribution is 5.84. The molecule has 0 aliphatic rings. The Bertz CT molecular complexity index is 472. The van der Waals surface area contributed by atoms with Crippen LogP contribution >= 0.6 is 0 Å². The van der Waals surface area contributed by atoms with Crippen molar-refractivity contribution in [1.82, 2.24) is 5.32 Å². The largest absolute Gasteiger partial charge is 0.480 e. The van der Waals surface area contributed by atoms with E-state index in [-0.39, 0.29) is 12.3 Å². The SMILES string of the molecule is Cc1ccc(C)c(CCNC(=O)CC(N)C(=O)O)c1. The molecule has 4 N–H and O–H groups in total. The molecule has 0 aliphatic heterocycles. The van der Waals surface area contributed by atoms with E-state index in [0.717, 1.165) is 6.42 Å². The Kier molecular flexibility index (Phi) is 5.51. The lowest BCUT2D eigenvalue weighted by molar-refractivity contribution is -0.140. The van der Waals surface area contributed by atoms with E-state index in [1.54, 1.807) is 0 Å². The summed E-state index contributed by atoms with van der Waals surface area (Å²) in [4.78, 5) is 22.0. The number of nitrogens with one attached hydrogen (secondary N) is 1. The Morgan fingerprint density at radius 3 is 2.68 bits per heavy atom. The fraction of sp³-hybridized carbons (Fsp3) is 0.429. The number of rotatable bonds is 6. The second-order valence-corrected chi connectivity index (χ2v) is 4.68. The van der Waals surface area contributed by atoms with E-state index >= 15 is 0 Å². The number of amides is 1. The molecule has 5 heteroatoms. The molecule has 0 spiro atoms. The maximum atomic E-state index is 11.4. The number of aliphatic carboxylic acids is 1. The van der Waals surface area contributed by atoms with Gasteiger partial charge in [-0.3, -0.25) is 9.59 Å². The zero-order valence-corrected chi connectivity index (χ0v) is 11.3. The zero-order valence-electron chi connectivity index (χ0n) is 11.3. The van der Waals surface area contributed by atoms with E-state index in [1.165, 1.54) is 16.7 Å². The normalized spacial score (nSPS) is 11.9. The van der Waals surface area contributed by atoms with E-state index in [9.17, 15) is 9.59 Å². The Morgan fingerprint density at radius 1 is 1.37 bits per heavy atom. The lowest BCUT2D eigenvalue weighted by Gasteiger charge is -2.10. The van der Waals surface area contributed by atoms with E-state index in [4.69, 9.17) is 10.8 Å². The summed E-state index contributed by atoms with van der Waals surface area (Å²) < 4.78 is 0. The van der Waals surface area contributed by atoms with Crippen LogP contribution in [-0.4, -0.2) is 29.6 Å². The molecule has 0 saturated heterocycles. The predicted octanol–water partition coefficient (Wildman–Crippen LogP) is 0.764. The van der Waals surface area contributed by atoms with Gasteiger partial charge >= 0.3 is 5.97 Å². The third-order valence-corrected chi connectivity index (χ3v) is 2.94. The number of hydrogen-bond acceptors (Lipinski definition) is 3. The van der Waals surface area contributed by atoms with Crippen molar-refractivity contribution in [2.24, 2.45) is 5.73 Å². The summed E-state index contributed by atoms with van der Waals surface area (Å²) in [5.74, 6) is -1.50. The maximum absolute atomic E-state index is 11.4. The summed E-state index contributed by atoms with van der Waals surface area (Å²) in [6.07, 6.45) is 0.531. The number of carbonyl (C=O) groups is 2. The first-order valence-corrected chi connectivity index (χ1v) is 6.21. The molecule has 0 saturated carbocycles. The summed E-state index contributed by atoms with van der Waals surface area (Å²) >= 11 is 0. The third-order valence-electron chi connectivity index (χ3n) is 2.94. The zero-order chi connectivity index (χ0) is 14.4. The van der Waals surface area contributed by atoms with Crippen molar-refractivity contribution in [3.05, 3.63) is 34.9 Å². The van der Waals surface area contributed by atoms with Crippen LogP contribution in [0, 0.1) is 13.8 Å². The van der Waals surface area contributed by atoms with Gasteiger partial charge in [0, 0.05) is 6.54 Å². The third kappa shape index (κ3) is 5.09. The molecule has 0 bridgehead atoms. The van der Waals surface area contributed by atoms with E-state index in [2.05, 4.69) is 11.4 Å². The van der Waals surface area contributed by atoms with E-state index in [1.807, 2.05) is 26.0 Å². The number of hydrogen-bond donors (Lipinski definition) is 3. The van der Waals surface area contributed by atoms with Crippen LogP contribution in [0.15, 0.2) is 18.2 Å². The van der Waals surface area contributed by atoms with Gasteiger partial charge in [-0.15, -0.1) is 0 Å². The van der Waals surface area contributed by atoms with Crippen LogP contribution in [0.25, 0.3) is 0 Å². The van der Waals surface area contributed by atoms with Gasteiger partial charge in [-0.05, 0) is 31.4 Å². The van der Waals surface area contributed by atoms with Crippen molar-refractivity contribution < 1.29 is 14.7 Å². The van der Waals surface area contributed by atoms with Crippen molar-refractivity contribution >= 4 is 11.9 Å². The number of benzene rings is 1. The molecule has 0 aromatic heterocycles. The Balaban J connectivity index is 2.40. The molecule has 1 amide bonds. The van der Waals surface area contributed by atoms with Gasteiger partial charge in [-0.1, -0.05) is 23.8 Å². The number of carbonyl (C=O) groups excluding carboxylic acids is 1. The topological polar surface area (TPSA) is 92.4 Å². The van der Waals surface area contributed by atoms with Crippen LogP contribution in [0.5, 0.6) is 0 Å². The van der Waals surface area contributed by atoms with Gasteiger partial charge in [-0.2, -0.15) is 0 Å². The minimum absolute atomic E-state index is 0.192. The van der Waals surface area contributed by atoms with Gasteiger partial charge < -0.3 is 16.2 Å². The smallest absolute Gasteiger partial charge is 0.321 e. The predicted molar refractivity (Wildman–Crippen MR) is 72.9 cm³/mol. The summed E-state index contributed by atoms with van der Waals surface area (Å²) in [7, 11) is 0. The molecule has 0 fully saturated rings. The molecule has 5 nitrogen and oxygen atoms in total. The van der Waals surface area contributed by atoms with Crippen molar-refractivity contribution in [2.75, 3.05) is 6.54 Å². The summed E-state index contributed by atoms with van der Waals surface area (Å²) in [6, 6.07) is 5.04. The lowest BCUT2D eigenvalue weighted by Crippen LogP contribution is -2.37. The molecule has 0 heterocycles. The summed E-state index contributed by atoms with van der Waals surface area (Å²) in [5.41, 5.74) is 8.83. The molecule has 1 aromatic carbocycles. The Morgan fingerprint density at radius 2 is 2.05 bits per heavy atom. The standard InChI is InChI=1S/C14H20N2O3/c1-9-3-4-10(2)11(7-9)5-6-16-13(17)8-12(15)14(18)19/h3-4,7,12H,5-6,8,15H2,1-2H3,(H,16,17)(H,18,19). The van der Waals surface area contributed by atoms with Gasteiger partial charge in [-0.25, -0.2) is 0 Å². The summed E-state index contributed by atoms with van der Waals surface area (Å²) in [6.45, 7) is 4.53.